The van der Waals surface area contributed by atoms with Gasteiger partial charge in [0.15, 0.2) is 0 Å². The molecule has 2 aliphatic heterocycles. The van der Waals surface area contributed by atoms with Crippen LogP contribution in [-0.4, -0.2) is 40.7 Å². The molecule has 1 amide bonds. The first-order valence-electron chi connectivity index (χ1n) is 6.57. The van der Waals surface area contributed by atoms with E-state index in [1.54, 1.807) is 6.07 Å². The van der Waals surface area contributed by atoms with Gasteiger partial charge in [0, 0.05) is 25.8 Å². The molecular weight excluding hydrogens is 230 g/mol. The molecule has 5 nitrogen and oxygen atoms in total. The Labute approximate surface area is 106 Å². The van der Waals surface area contributed by atoms with Crippen molar-refractivity contribution in [3.63, 3.8) is 0 Å². The van der Waals surface area contributed by atoms with Crippen molar-refractivity contribution < 1.29 is 9.53 Å². The van der Waals surface area contributed by atoms with Gasteiger partial charge >= 0.3 is 0 Å². The van der Waals surface area contributed by atoms with Crippen LogP contribution in [0, 0.1) is 0 Å². The minimum atomic E-state index is 0.0775. The predicted molar refractivity (Wildman–Crippen MR) is 68.3 cm³/mol. The lowest BCUT2D eigenvalue weighted by molar-refractivity contribution is -0.0306. The van der Waals surface area contributed by atoms with Crippen LogP contribution in [0.4, 0.5) is 5.69 Å². The molecule has 98 valence electrons. The fraction of sp³-hybridized carbons (Fsp3) is 0.615. The van der Waals surface area contributed by atoms with Crippen LogP contribution in [0.15, 0.2) is 12.3 Å². The maximum atomic E-state index is 12.5. The zero-order valence-corrected chi connectivity index (χ0v) is 10.6. The minimum Gasteiger partial charge on any atom is -0.397 e. The number of hydrogen-bond acceptors (Lipinski definition) is 3. The second-order valence-corrected chi connectivity index (χ2v) is 5.11. The molecule has 0 spiro atoms. The third-order valence-electron chi connectivity index (χ3n) is 3.81. The van der Waals surface area contributed by atoms with Crippen LogP contribution >= 0.6 is 0 Å². The van der Waals surface area contributed by atoms with Crippen LogP contribution in [-0.2, 0) is 11.3 Å². The van der Waals surface area contributed by atoms with Gasteiger partial charge in [-0.2, -0.15) is 0 Å². The molecule has 2 unspecified atom stereocenters. The van der Waals surface area contributed by atoms with Gasteiger partial charge in [0.1, 0.15) is 5.69 Å². The first kappa shape index (κ1) is 11.6. The lowest BCUT2D eigenvalue weighted by Gasteiger charge is -2.32. The maximum absolute atomic E-state index is 12.5. The Balaban J connectivity index is 1.81. The molecule has 5 heteroatoms. The van der Waals surface area contributed by atoms with Gasteiger partial charge in [-0.1, -0.05) is 0 Å². The second-order valence-electron chi connectivity index (χ2n) is 5.11. The van der Waals surface area contributed by atoms with E-state index in [2.05, 4.69) is 0 Å². The number of nitrogens with two attached hydrogens (primary N) is 1. The molecule has 0 aromatic carbocycles. The summed E-state index contributed by atoms with van der Waals surface area (Å²) < 4.78 is 7.66. The van der Waals surface area contributed by atoms with E-state index in [1.807, 2.05) is 22.6 Å². The molecule has 2 bridgehead atoms. The molecule has 0 radical (unpaired) electrons. The summed E-state index contributed by atoms with van der Waals surface area (Å²) in [5, 5.41) is 0. The summed E-state index contributed by atoms with van der Waals surface area (Å²) in [6.07, 6.45) is 4.43. The van der Waals surface area contributed by atoms with E-state index < -0.39 is 0 Å². The lowest BCUT2D eigenvalue weighted by atomic mass is 10.2. The van der Waals surface area contributed by atoms with E-state index in [-0.39, 0.29) is 18.1 Å². The summed E-state index contributed by atoms with van der Waals surface area (Å²) in [6.45, 7) is 4.20. The van der Waals surface area contributed by atoms with E-state index in [4.69, 9.17) is 10.5 Å². The first-order chi connectivity index (χ1) is 8.67. The average Bonchev–Trinajstić information content (AvgIpc) is 2.91. The SMILES string of the molecule is CCn1cc(N)cc1C(=O)N1CC2CCC(C1)O2. The Morgan fingerprint density at radius 1 is 1.44 bits per heavy atom. The number of nitrogen functional groups attached to an aromatic ring is 1. The van der Waals surface area contributed by atoms with Crippen LogP contribution < -0.4 is 5.73 Å². The minimum absolute atomic E-state index is 0.0775. The van der Waals surface area contributed by atoms with Crippen LogP contribution in [0.5, 0.6) is 0 Å². The first-order valence-corrected chi connectivity index (χ1v) is 6.57. The fourth-order valence-corrected chi connectivity index (χ4v) is 2.92. The van der Waals surface area contributed by atoms with Crippen LogP contribution in [0.2, 0.25) is 0 Å². The number of morpholine rings is 1. The van der Waals surface area contributed by atoms with Gasteiger partial charge in [-0.25, -0.2) is 0 Å². The Hall–Kier alpha value is -1.49. The van der Waals surface area contributed by atoms with Crippen LogP contribution in [0.1, 0.15) is 30.3 Å². The summed E-state index contributed by atoms with van der Waals surface area (Å²) in [7, 11) is 0. The molecule has 3 rings (SSSR count). The molecule has 0 aliphatic carbocycles. The monoisotopic (exact) mass is 249 g/mol. The van der Waals surface area contributed by atoms with Gasteiger partial charge < -0.3 is 19.9 Å². The molecule has 2 atom stereocenters. The van der Waals surface area contributed by atoms with Crippen molar-refractivity contribution >= 4 is 11.6 Å². The van der Waals surface area contributed by atoms with Gasteiger partial charge in [-0.05, 0) is 25.8 Å². The van der Waals surface area contributed by atoms with Crippen LogP contribution in [0.25, 0.3) is 0 Å². The fourth-order valence-electron chi connectivity index (χ4n) is 2.92. The van der Waals surface area contributed by atoms with Gasteiger partial charge in [0.2, 0.25) is 0 Å². The van der Waals surface area contributed by atoms with Crippen molar-refractivity contribution in [3.05, 3.63) is 18.0 Å². The van der Waals surface area contributed by atoms with Crippen LogP contribution in [0.3, 0.4) is 0 Å². The number of hydrogen-bond donors (Lipinski definition) is 1. The molecule has 2 aliphatic rings. The number of carbonyl (C=O) groups excluding carboxylic acids is 1. The van der Waals surface area contributed by atoms with Crippen molar-refractivity contribution in [2.45, 2.75) is 38.5 Å². The molecule has 3 heterocycles. The number of amides is 1. The van der Waals surface area contributed by atoms with Gasteiger partial charge in [0.05, 0.1) is 17.9 Å². The second kappa shape index (κ2) is 4.31. The van der Waals surface area contributed by atoms with Gasteiger partial charge in [-0.15, -0.1) is 0 Å². The van der Waals surface area contributed by atoms with Crippen molar-refractivity contribution in [1.29, 1.82) is 0 Å². The number of fused-ring (bicyclic) bond motifs is 2. The molecule has 1 aromatic rings. The normalized spacial score (nSPS) is 26.6. The number of aryl methyl sites for hydroxylation is 1. The van der Waals surface area contributed by atoms with Crippen molar-refractivity contribution in [1.82, 2.24) is 9.47 Å². The zero-order chi connectivity index (χ0) is 12.7. The molecular formula is C13H19N3O2. The molecule has 2 saturated heterocycles. The Kier molecular flexibility index (Phi) is 2.78. The molecule has 18 heavy (non-hydrogen) atoms. The zero-order valence-electron chi connectivity index (χ0n) is 10.6. The number of carbonyl (C=O) groups is 1. The van der Waals surface area contributed by atoms with E-state index >= 15 is 0 Å². The number of anilines is 1. The number of aromatic nitrogens is 1. The quantitative estimate of drug-likeness (QED) is 0.853. The smallest absolute Gasteiger partial charge is 0.270 e. The standard InChI is InChI=1S/C13H19N3O2/c1-2-15-6-9(14)5-12(15)13(17)16-7-10-3-4-11(8-16)18-10/h5-6,10-11H,2-4,7-8,14H2,1H3. The van der Waals surface area contributed by atoms with E-state index in [1.165, 1.54) is 0 Å². The highest BCUT2D eigenvalue weighted by Gasteiger charge is 2.36. The molecule has 0 saturated carbocycles. The summed E-state index contributed by atoms with van der Waals surface area (Å²) >= 11 is 0. The lowest BCUT2D eigenvalue weighted by Crippen LogP contribution is -2.46. The number of likely N-dealkylation sites (tertiary alicyclic amines) is 1. The van der Waals surface area contributed by atoms with Gasteiger partial charge in [-0.3, -0.25) is 4.79 Å². The summed E-state index contributed by atoms with van der Waals surface area (Å²) in [6, 6.07) is 1.77. The number of nitrogens with zero attached hydrogens (tertiary/aromatic N) is 2. The highest BCUT2D eigenvalue weighted by atomic mass is 16.5. The highest BCUT2D eigenvalue weighted by molar-refractivity contribution is 5.94. The number of rotatable bonds is 2. The third-order valence-corrected chi connectivity index (χ3v) is 3.81. The van der Waals surface area contributed by atoms with E-state index in [0.29, 0.717) is 24.5 Å². The summed E-state index contributed by atoms with van der Waals surface area (Å²) in [5.41, 5.74) is 7.11. The summed E-state index contributed by atoms with van der Waals surface area (Å²) in [4.78, 5) is 14.4. The molecule has 2 N–H and O–H groups in total. The third kappa shape index (κ3) is 1.88. The van der Waals surface area contributed by atoms with E-state index in [9.17, 15) is 4.79 Å². The topological polar surface area (TPSA) is 60.5 Å². The Morgan fingerprint density at radius 2 is 2.11 bits per heavy atom. The molecule has 1 aromatic heterocycles. The maximum Gasteiger partial charge on any atom is 0.270 e. The van der Waals surface area contributed by atoms with Gasteiger partial charge in [0.25, 0.3) is 5.91 Å². The van der Waals surface area contributed by atoms with E-state index in [0.717, 1.165) is 19.4 Å². The van der Waals surface area contributed by atoms with Crippen molar-refractivity contribution in [2.24, 2.45) is 0 Å². The Morgan fingerprint density at radius 3 is 2.72 bits per heavy atom. The largest absolute Gasteiger partial charge is 0.397 e. The van der Waals surface area contributed by atoms with Crippen molar-refractivity contribution in [3.8, 4) is 0 Å². The van der Waals surface area contributed by atoms with Crippen molar-refractivity contribution in [2.75, 3.05) is 18.8 Å². The molecule has 2 fully saturated rings. The average molecular weight is 249 g/mol. The Bertz CT molecular complexity index is 457. The predicted octanol–water partition coefficient (Wildman–Crippen LogP) is 1.09. The number of ether oxygens (including phenoxy) is 1. The highest BCUT2D eigenvalue weighted by Crippen LogP contribution is 2.27. The summed E-state index contributed by atoms with van der Waals surface area (Å²) in [5.74, 6) is 0.0775.